The van der Waals surface area contributed by atoms with Crippen molar-refractivity contribution in [3.63, 3.8) is 0 Å². The van der Waals surface area contributed by atoms with Crippen LogP contribution in [0.25, 0.3) is 0 Å². The lowest BCUT2D eigenvalue weighted by atomic mass is 10.1. The molecule has 0 amide bonds. The molecule has 0 spiro atoms. The molecule has 100 valence electrons. The second-order valence-electron chi connectivity index (χ2n) is 3.89. The number of alkyl halides is 3. The van der Waals surface area contributed by atoms with Gasteiger partial charge in [0.05, 0.1) is 12.2 Å². The SMILES string of the molecule is Cc1cccc(N)c1C(=O)OCCCC(F)(F)F. The van der Waals surface area contributed by atoms with E-state index in [2.05, 4.69) is 0 Å². The van der Waals surface area contributed by atoms with Crippen molar-refractivity contribution < 1.29 is 22.7 Å². The molecule has 1 rings (SSSR count). The van der Waals surface area contributed by atoms with Gasteiger partial charge in [0, 0.05) is 12.1 Å². The molecule has 0 saturated heterocycles. The quantitative estimate of drug-likeness (QED) is 0.515. The fraction of sp³-hybridized carbons (Fsp3) is 0.417. The number of carbonyl (C=O) groups excluding carboxylic acids is 1. The minimum Gasteiger partial charge on any atom is -0.462 e. The molecule has 18 heavy (non-hydrogen) atoms. The van der Waals surface area contributed by atoms with Crippen LogP contribution in [-0.2, 0) is 4.74 Å². The number of aryl methyl sites for hydroxylation is 1. The van der Waals surface area contributed by atoms with E-state index < -0.39 is 18.6 Å². The maximum absolute atomic E-state index is 11.9. The number of hydrogen-bond acceptors (Lipinski definition) is 3. The molecule has 2 N–H and O–H groups in total. The van der Waals surface area contributed by atoms with Crippen LogP contribution < -0.4 is 5.73 Å². The molecule has 0 radical (unpaired) electrons. The number of benzene rings is 1. The summed E-state index contributed by atoms with van der Waals surface area (Å²) in [4.78, 5) is 11.6. The molecule has 0 saturated carbocycles. The highest BCUT2D eigenvalue weighted by atomic mass is 19.4. The number of esters is 1. The van der Waals surface area contributed by atoms with Crippen LogP contribution in [0.15, 0.2) is 18.2 Å². The maximum Gasteiger partial charge on any atom is 0.389 e. The van der Waals surface area contributed by atoms with E-state index in [9.17, 15) is 18.0 Å². The van der Waals surface area contributed by atoms with E-state index in [0.29, 0.717) is 5.56 Å². The van der Waals surface area contributed by atoms with Gasteiger partial charge in [-0.15, -0.1) is 0 Å². The summed E-state index contributed by atoms with van der Waals surface area (Å²) in [6.45, 7) is 1.41. The molecule has 6 heteroatoms. The van der Waals surface area contributed by atoms with Gasteiger partial charge in [0.25, 0.3) is 0 Å². The van der Waals surface area contributed by atoms with Crippen LogP contribution in [0.5, 0.6) is 0 Å². The molecule has 0 heterocycles. The van der Waals surface area contributed by atoms with Gasteiger partial charge in [0.2, 0.25) is 0 Å². The highest BCUT2D eigenvalue weighted by Gasteiger charge is 2.26. The second kappa shape index (κ2) is 5.75. The number of ether oxygens (including phenoxy) is 1. The van der Waals surface area contributed by atoms with Crippen molar-refractivity contribution in [2.24, 2.45) is 0 Å². The number of anilines is 1. The van der Waals surface area contributed by atoms with Crippen molar-refractivity contribution in [3.8, 4) is 0 Å². The van der Waals surface area contributed by atoms with E-state index in [0.717, 1.165) is 0 Å². The third-order valence-corrected chi connectivity index (χ3v) is 2.35. The van der Waals surface area contributed by atoms with Crippen LogP contribution >= 0.6 is 0 Å². The summed E-state index contributed by atoms with van der Waals surface area (Å²) in [5, 5.41) is 0. The van der Waals surface area contributed by atoms with Crippen LogP contribution in [-0.4, -0.2) is 18.8 Å². The average molecular weight is 261 g/mol. The molecule has 1 aromatic rings. The number of nitrogen functional groups attached to an aromatic ring is 1. The Hall–Kier alpha value is -1.72. The summed E-state index contributed by atoms with van der Waals surface area (Å²) in [7, 11) is 0. The van der Waals surface area contributed by atoms with Crippen molar-refractivity contribution in [1.29, 1.82) is 0 Å². The van der Waals surface area contributed by atoms with Crippen LogP contribution in [0.2, 0.25) is 0 Å². The first-order valence-electron chi connectivity index (χ1n) is 5.40. The average Bonchev–Trinajstić information content (AvgIpc) is 2.23. The summed E-state index contributed by atoms with van der Waals surface area (Å²) >= 11 is 0. The van der Waals surface area contributed by atoms with E-state index in [1.54, 1.807) is 25.1 Å². The zero-order chi connectivity index (χ0) is 13.8. The van der Waals surface area contributed by atoms with Crippen LogP contribution in [0, 0.1) is 6.92 Å². The largest absolute Gasteiger partial charge is 0.462 e. The van der Waals surface area contributed by atoms with Crippen LogP contribution in [0.1, 0.15) is 28.8 Å². The molecule has 0 fully saturated rings. The number of nitrogens with two attached hydrogens (primary N) is 1. The van der Waals surface area contributed by atoms with E-state index in [4.69, 9.17) is 10.5 Å². The lowest BCUT2D eigenvalue weighted by Crippen LogP contribution is -2.13. The molecule has 0 aromatic heterocycles. The van der Waals surface area contributed by atoms with Gasteiger partial charge >= 0.3 is 12.1 Å². The summed E-state index contributed by atoms with van der Waals surface area (Å²) in [6, 6.07) is 4.91. The van der Waals surface area contributed by atoms with E-state index in [-0.39, 0.29) is 24.3 Å². The highest BCUT2D eigenvalue weighted by molar-refractivity contribution is 5.96. The fourth-order valence-electron chi connectivity index (χ4n) is 1.48. The van der Waals surface area contributed by atoms with E-state index >= 15 is 0 Å². The fourth-order valence-corrected chi connectivity index (χ4v) is 1.48. The van der Waals surface area contributed by atoms with Gasteiger partial charge in [-0.2, -0.15) is 13.2 Å². The summed E-state index contributed by atoms with van der Waals surface area (Å²) in [6.07, 6.45) is -5.45. The topological polar surface area (TPSA) is 52.3 Å². The molecule has 1 aromatic carbocycles. The van der Waals surface area contributed by atoms with Crippen LogP contribution in [0.4, 0.5) is 18.9 Å². The van der Waals surface area contributed by atoms with Gasteiger partial charge < -0.3 is 10.5 Å². The second-order valence-corrected chi connectivity index (χ2v) is 3.89. The predicted octanol–water partition coefficient (Wildman–Crippen LogP) is 3.08. The third kappa shape index (κ3) is 4.27. The first-order chi connectivity index (χ1) is 8.31. The Bertz CT molecular complexity index is 410. The molecule has 3 nitrogen and oxygen atoms in total. The Morgan fingerprint density at radius 2 is 2.06 bits per heavy atom. The lowest BCUT2D eigenvalue weighted by Gasteiger charge is -2.10. The van der Waals surface area contributed by atoms with Crippen molar-refractivity contribution in [2.75, 3.05) is 12.3 Å². The Kier molecular flexibility index (Phi) is 4.58. The molecule has 0 aliphatic heterocycles. The van der Waals surface area contributed by atoms with Crippen molar-refractivity contribution in [3.05, 3.63) is 29.3 Å². The van der Waals surface area contributed by atoms with Gasteiger partial charge in [0.1, 0.15) is 0 Å². The van der Waals surface area contributed by atoms with Crippen molar-refractivity contribution >= 4 is 11.7 Å². The van der Waals surface area contributed by atoms with Gasteiger partial charge in [-0.1, -0.05) is 12.1 Å². The zero-order valence-electron chi connectivity index (χ0n) is 9.88. The standard InChI is InChI=1S/C12H14F3NO2/c1-8-4-2-5-9(16)10(8)11(17)18-7-3-6-12(13,14)15/h2,4-5H,3,6-7,16H2,1H3. The first kappa shape index (κ1) is 14.3. The normalized spacial score (nSPS) is 11.3. The molecule has 0 bridgehead atoms. The predicted molar refractivity (Wildman–Crippen MR) is 61.2 cm³/mol. The molecule has 0 unspecified atom stereocenters. The van der Waals surface area contributed by atoms with Crippen molar-refractivity contribution in [2.45, 2.75) is 25.9 Å². The lowest BCUT2D eigenvalue weighted by molar-refractivity contribution is -0.137. The summed E-state index contributed by atoms with van der Waals surface area (Å²) < 4.78 is 40.4. The van der Waals surface area contributed by atoms with Gasteiger partial charge in [-0.25, -0.2) is 4.79 Å². The molecule has 0 aliphatic carbocycles. The Morgan fingerprint density at radius 1 is 1.39 bits per heavy atom. The van der Waals surface area contributed by atoms with Gasteiger partial charge in [-0.05, 0) is 25.0 Å². The Balaban J connectivity index is 2.51. The minimum absolute atomic E-state index is 0.213. The maximum atomic E-state index is 11.9. The number of hydrogen-bond donors (Lipinski definition) is 1. The first-order valence-corrected chi connectivity index (χ1v) is 5.40. The summed E-state index contributed by atoms with van der Waals surface area (Å²) in [5.41, 5.74) is 6.72. The Labute approximate surface area is 103 Å². The van der Waals surface area contributed by atoms with Gasteiger partial charge in [-0.3, -0.25) is 0 Å². The third-order valence-electron chi connectivity index (χ3n) is 2.35. The summed E-state index contributed by atoms with van der Waals surface area (Å²) in [5.74, 6) is -0.687. The highest BCUT2D eigenvalue weighted by Crippen LogP contribution is 2.22. The van der Waals surface area contributed by atoms with Gasteiger partial charge in [0.15, 0.2) is 0 Å². The number of halogens is 3. The Morgan fingerprint density at radius 3 is 2.61 bits per heavy atom. The molecular weight excluding hydrogens is 247 g/mol. The van der Waals surface area contributed by atoms with Crippen LogP contribution in [0.3, 0.4) is 0 Å². The number of carbonyl (C=O) groups is 1. The zero-order valence-corrected chi connectivity index (χ0v) is 9.88. The van der Waals surface area contributed by atoms with E-state index in [1.807, 2.05) is 0 Å². The number of rotatable bonds is 4. The monoisotopic (exact) mass is 261 g/mol. The molecule has 0 atom stereocenters. The molecular formula is C12H14F3NO2. The van der Waals surface area contributed by atoms with E-state index in [1.165, 1.54) is 0 Å². The van der Waals surface area contributed by atoms with Crippen molar-refractivity contribution in [1.82, 2.24) is 0 Å². The molecule has 0 aliphatic rings. The minimum atomic E-state index is -4.23. The smallest absolute Gasteiger partial charge is 0.389 e.